The number of imide groups is 1. The molecule has 0 radical (unpaired) electrons. The highest BCUT2D eigenvalue weighted by atomic mass is 16.5. The summed E-state index contributed by atoms with van der Waals surface area (Å²) in [6.45, 7) is 5.46. The number of allylic oxidation sites excluding steroid dienone is 1. The molecule has 1 heterocycles. The third-order valence-corrected chi connectivity index (χ3v) is 9.82. The summed E-state index contributed by atoms with van der Waals surface area (Å²) in [4.78, 5) is 29.4. The number of amides is 2. The summed E-state index contributed by atoms with van der Waals surface area (Å²) in [5, 5.41) is 36.1. The lowest BCUT2D eigenvalue weighted by Gasteiger charge is -2.36. The molecule has 4 aromatic carbocycles. The molecule has 1 saturated heterocycles. The van der Waals surface area contributed by atoms with Crippen LogP contribution in [-0.2, 0) is 9.59 Å². The number of ether oxygens (including phenoxy) is 1. The van der Waals surface area contributed by atoms with Crippen molar-refractivity contribution >= 4 is 35.0 Å². The lowest BCUT2D eigenvalue weighted by Crippen LogP contribution is -2.40. The fourth-order valence-electron chi connectivity index (χ4n) is 7.36. The van der Waals surface area contributed by atoms with E-state index in [4.69, 9.17) is 4.74 Å². The van der Waals surface area contributed by atoms with Gasteiger partial charge in [-0.05, 0) is 129 Å². The van der Waals surface area contributed by atoms with E-state index in [1.165, 1.54) is 4.90 Å². The van der Waals surface area contributed by atoms with Crippen LogP contribution in [0.3, 0.4) is 0 Å². The van der Waals surface area contributed by atoms with Crippen LogP contribution < -0.4 is 15.0 Å². The number of hydrogen-bond acceptors (Lipinski definition) is 7. The molecule has 1 fully saturated rings. The molecule has 4 atom stereocenters. The van der Waals surface area contributed by atoms with E-state index in [2.05, 4.69) is 5.32 Å². The number of para-hydroxylation sites is 2. The average Bonchev–Trinajstić information content (AvgIpc) is 3.37. The number of rotatable bonds is 12. The van der Waals surface area contributed by atoms with Crippen LogP contribution in [0.25, 0.3) is 6.08 Å². The van der Waals surface area contributed by atoms with E-state index in [9.17, 15) is 24.9 Å². The maximum atomic E-state index is 14.1. The smallest absolute Gasteiger partial charge is 0.238 e. The number of anilines is 3. The van der Waals surface area contributed by atoms with Crippen LogP contribution in [0.5, 0.6) is 11.5 Å². The standard InChI is InChI=1S/C42H44N2O6/c1-26(20-29-21-27(2)40(47)28(3)22-29)14-19-37(46)38-30(25-50-34-12-8-5-9-13-34)23-35-39(36(38)24-45)42(49)44(41(35)48)33-17-15-32(16-18-33)43-31-10-6-4-7-11-31/h4-13,15-18,20-22,35-37,39,43,45-47H,14,19,23-25H2,1-3H3/b26-20+/t35-,36+,37-,39-/m1/s1. The highest BCUT2D eigenvalue weighted by Gasteiger charge is 2.55. The van der Waals surface area contributed by atoms with E-state index >= 15 is 0 Å². The van der Waals surface area contributed by atoms with E-state index in [0.717, 1.165) is 39.2 Å². The second kappa shape index (κ2) is 15.2. The van der Waals surface area contributed by atoms with Crippen LogP contribution in [0.15, 0.2) is 114 Å². The Balaban J connectivity index is 1.25. The zero-order valence-electron chi connectivity index (χ0n) is 28.7. The van der Waals surface area contributed by atoms with E-state index in [-0.39, 0.29) is 30.6 Å². The Morgan fingerprint density at radius 3 is 2.18 bits per heavy atom. The molecular weight excluding hydrogens is 628 g/mol. The van der Waals surface area contributed by atoms with Gasteiger partial charge in [0, 0.05) is 17.3 Å². The summed E-state index contributed by atoms with van der Waals surface area (Å²) < 4.78 is 6.14. The largest absolute Gasteiger partial charge is 0.507 e. The fourth-order valence-corrected chi connectivity index (χ4v) is 7.36. The molecule has 8 nitrogen and oxygen atoms in total. The molecule has 1 aliphatic carbocycles. The molecule has 0 spiro atoms. The summed E-state index contributed by atoms with van der Waals surface area (Å²) >= 11 is 0. The molecule has 50 heavy (non-hydrogen) atoms. The second-order valence-corrected chi connectivity index (χ2v) is 13.4. The molecule has 0 bridgehead atoms. The zero-order valence-corrected chi connectivity index (χ0v) is 28.7. The molecule has 2 aliphatic rings. The van der Waals surface area contributed by atoms with Gasteiger partial charge < -0.3 is 25.4 Å². The third-order valence-electron chi connectivity index (χ3n) is 9.82. The van der Waals surface area contributed by atoms with Gasteiger partial charge in [-0.1, -0.05) is 48.0 Å². The number of phenols is 1. The van der Waals surface area contributed by atoms with Crippen LogP contribution in [0.2, 0.25) is 0 Å². The summed E-state index contributed by atoms with van der Waals surface area (Å²) in [5.41, 5.74) is 7.12. The van der Waals surface area contributed by atoms with Gasteiger partial charge in [0.2, 0.25) is 11.8 Å². The molecule has 1 aliphatic heterocycles. The first-order valence-electron chi connectivity index (χ1n) is 17.1. The topological polar surface area (TPSA) is 119 Å². The molecule has 0 unspecified atom stereocenters. The van der Waals surface area contributed by atoms with Gasteiger partial charge in [0.25, 0.3) is 0 Å². The number of phenolic OH excluding ortho intramolecular Hbond substituents is 1. The molecule has 4 N–H and O–H groups in total. The third kappa shape index (κ3) is 7.37. The molecule has 0 saturated carbocycles. The zero-order chi connectivity index (χ0) is 35.4. The molecule has 4 aromatic rings. The highest BCUT2D eigenvalue weighted by molar-refractivity contribution is 6.22. The van der Waals surface area contributed by atoms with E-state index < -0.39 is 30.5 Å². The predicted molar refractivity (Wildman–Crippen MR) is 196 cm³/mol. The number of nitrogens with zero attached hydrogens (tertiary/aromatic N) is 1. The van der Waals surface area contributed by atoms with Crippen LogP contribution in [0.4, 0.5) is 17.1 Å². The first-order chi connectivity index (χ1) is 24.1. The number of aryl methyl sites for hydroxylation is 2. The van der Waals surface area contributed by atoms with Crippen LogP contribution in [0.1, 0.15) is 42.9 Å². The van der Waals surface area contributed by atoms with Gasteiger partial charge >= 0.3 is 0 Å². The number of carbonyl (C=O) groups is 2. The lowest BCUT2D eigenvalue weighted by atomic mass is 9.68. The summed E-state index contributed by atoms with van der Waals surface area (Å²) in [6, 6.07) is 30.1. The van der Waals surface area contributed by atoms with Gasteiger partial charge in [-0.15, -0.1) is 0 Å². The van der Waals surface area contributed by atoms with Gasteiger partial charge in [0.05, 0.1) is 30.2 Å². The number of benzene rings is 4. The number of aliphatic hydroxyl groups is 2. The van der Waals surface area contributed by atoms with Crippen molar-refractivity contribution in [1.29, 1.82) is 0 Å². The lowest BCUT2D eigenvalue weighted by molar-refractivity contribution is -0.123. The summed E-state index contributed by atoms with van der Waals surface area (Å²) in [5.74, 6) is -1.99. The quantitative estimate of drug-likeness (QED) is 0.0910. The van der Waals surface area contributed by atoms with E-state index in [1.807, 2.05) is 112 Å². The van der Waals surface area contributed by atoms with Crippen molar-refractivity contribution in [2.75, 3.05) is 23.4 Å². The first kappa shape index (κ1) is 34.7. The van der Waals surface area contributed by atoms with Crippen LogP contribution >= 0.6 is 0 Å². The van der Waals surface area contributed by atoms with Gasteiger partial charge in [-0.3, -0.25) is 14.5 Å². The summed E-state index contributed by atoms with van der Waals surface area (Å²) in [6.07, 6.45) is 2.24. The number of carbonyl (C=O) groups excluding carboxylic acids is 2. The van der Waals surface area contributed by atoms with Crippen molar-refractivity contribution in [1.82, 2.24) is 0 Å². The number of aromatic hydroxyl groups is 1. The molecule has 0 aromatic heterocycles. The minimum absolute atomic E-state index is 0.123. The van der Waals surface area contributed by atoms with Crippen molar-refractivity contribution in [2.24, 2.45) is 17.8 Å². The normalized spacial score (nSPS) is 19.8. The number of fused-ring (bicyclic) bond motifs is 1. The molecule has 8 heteroatoms. The SMILES string of the molecule is C/C(=C\c1cc(C)c(O)c(C)c1)CC[C@@H](O)C1=C(COc2ccccc2)C[C@H]2C(=O)N(c3ccc(Nc4ccccc4)cc3)C(=O)[C@H]2[C@H]1CO. The van der Waals surface area contributed by atoms with Crippen LogP contribution in [0, 0.1) is 31.6 Å². The molecule has 258 valence electrons. The average molecular weight is 673 g/mol. The Morgan fingerprint density at radius 2 is 1.54 bits per heavy atom. The van der Waals surface area contributed by atoms with Gasteiger partial charge in [-0.2, -0.15) is 0 Å². The van der Waals surface area contributed by atoms with Crippen molar-refractivity contribution in [3.8, 4) is 11.5 Å². The minimum atomic E-state index is -0.964. The van der Waals surface area contributed by atoms with Crippen LogP contribution in [-0.4, -0.2) is 46.5 Å². The Morgan fingerprint density at radius 1 is 0.920 bits per heavy atom. The maximum Gasteiger partial charge on any atom is 0.238 e. The van der Waals surface area contributed by atoms with E-state index in [1.54, 1.807) is 12.1 Å². The number of hydrogen-bond donors (Lipinski definition) is 4. The Bertz CT molecular complexity index is 1880. The van der Waals surface area contributed by atoms with E-state index in [0.29, 0.717) is 29.9 Å². The fraction of sp³-hybridized carbons (Fsp3) is 0.286. The van der Waals surface area contributed by atoms with Crippen molar-refractivity contribution < 1.29 is 29.6 Å². The van der Waals surface area contributed by atoms with Crippen molar-refractivity contribution in [2.45, 2.75) is 46.1 Å². The number of nitrogens with one attached hydrogen (secondary N) is 1. The highest BCUT2D eigenvalue weighted by Crippen LogP contribution is 2.47. The molecule has 2 amide bonds. The summed E-state index contributed by atoms with van der Waals surface area (Å²) in [7, 11) is 0. The predicted octanol–water partition coefficient (Wildman–Crippen LogP) is 7.49. The second-order valence-electron chi connectivity index (χ2n) is 13.4. The molecule has 6 rings (SSSR count). The van der Waals surface area contributed by atoms with Crippen molar-refractivity contribution in [3.05, 3.63) is 130 Å². The Hall–Kier alpha value is -5.18. The first-order valence-corrected chi connectivity index (χ1v) is 17.1. The minimum Gasteiger partial charge on any atom is -0.507 e. The Labute approximate surface area is 293 Å². The molecular formula is C42H44N2O6. The number of aliphatic hydroxyl groups excluding tert-OH is 2. The van der Waals surface area contributed by atoms with Crippen molar-refractivity contribution in [3.63, 3.8) is 0 Å². The monoisotopic (exact) mass is 672 g/mol. The maximum absolute atomic E-state index is 14.1. The van der Waals surface area contributed by atoms with Gasteiger partial charge in [0.15, 0.2) is 0 Å². The van der Waals surface area contributed by atoms with Gasteiger partial charge in [0.1, 0.15) is 18.1 Å². The Kier molecular flexibility index (Phi) is 10.5. The van der Waals surface area contributed by atoms with Gasteiger partial charge in [-0.25, -0.2) is 0 Å².